The van der Waals surface area contributed by atoms with Crippen molar-refractivity contribution in [2.24, 2.45) is 11.3 Å². The summed E-state index contributed by atoms with van der Waals surface area (Å²) in [5, 5.41) is 7.24. The summed E-state index contributed by atoms with van der Waals surface area (Å²) in [7, 11) is 0. The molecule has 2 N–H and O–H groups in total. The van der Waals surface area contributed by atoms with Crippen molar-refractivity contribution in [3.05, 3.63) is 40.8 Å². The number of carbonyl (C=O) groups excluding carboxylic acids is 2. The molecule has 9 nitrogen and oxygen atoms in total. The summed E-state index contributed by atoms with van der Waals surface area (Å²) in [6.45, 7) is 4.89. The molecule has 1 saturated heterocycles. The van der Waals surface area contributed by atoms with Crippen molar-refractivity contribution in [3.8, 4) is 0 Å². The molecule has 1 atom stereocenters. The number of pyridine rings is 1. The molecule has 7 rings (SSSR count). The molecule has 1 aliphatic heterocycles. The Bertz CT molecular complexity index is 1240. The Balaban J connectivity index is 1.18. The number of likely N-dealkylation sites (tertiary alicyclic amines) is 1. The number of rotatable bonds is 6. The predicted molar refractivity (Wildman–Crippen MR) is 124 cm³/mol. The molecule has 0 radical (unpaired) electrons. The van der Waals surface area contributed by atoms with Crippen LogP contribution in [0.4, 0.5) is 5.95 Å². The fraction of sp³-hybridized carbons (Fsp3) is 0.478. The van der Waals surface area contributed by atoms with Gasteiger partial charge in [0.25, 0.3) is 5.91 Å². The van der Waals surface area contributed by atoms with Crippen LogP contribution in [-0.2, 0) is 4.79 Å². The van der Waals surface area contributed by atoms with E-state index in [2.05, 4.69) is 30.6 Å². The van der Waals surface area contributed by atoms with Gasteiger partial charge in [0.15, 0.2) is 11.3 Å². The summed E-state index contributed by atoms with van der Waals surface area (Å²) >= 11 is 1.42. The lowest BCUT2D eigenvalue weighted by molar-refractivity contribution is -0.166. The van der Waals surface area contributed by atoms with E-state index in [-0.39, 0.29) is 29.3 Å². The number of nitrogens with zero attached hydrogens (tertiary/aromatic N) is 5. The number of nitrogens with one attached hydrogen (secondary N) is 2. The number of aromatic nitrogens is 4. The van der Waals surface area contributed by atoms with Crippen LogP contribution >= 0.6 is 11.3 Å². The third-order valence-electron chi connectivity index (χ3n) is 7.12. The summed E-state index contributed by atoms with van der Waals surface area (Å²) in [5.74, 6) is 1.14. The highest BCUT2D eigenvalue weighted by atomic mass is 32.1. The van der Waals surface area contributed by atoms with Crippen LogP contribution in [-0.4, -0.2) is 55.8 Å². The second-order valence-electron chi connectivity index (χ2n) is 9.57. The molecule has 0 spiro atoms. The van der Waals surface area contributed by atoms with Crippen LogP contribution in [0, 0.1) is 18.3 Å². The number of carbonyl (C=O) groups is 2. The van der Waals surface area contributed by atoms with Gasteiger partial charge in [-0.1, -0.05) is 6.07 Å². The molecule has 2 bridgehead atoms. The van der Waals surface area contributed by atoms with Crippen LogP contribution in [0.3, 0.4) is 0 Å². The zero-order valence-electron chi connectivity index (χ0n) is 18.5. The molecule has 170 valence electrons. The van der Waals surface area contributed by atoms with E-state index in [9.17, 15) is 9.59 Å². The lowest BCUT2D eigenvalue weighted by atomic mass is 9.44. The highest BCUT2D eigenvalue weighted by Crippen LogP contribution is 2.64. The lowest BCUT2D eigenvalue weighted by Crippen LogP contribution is -2.67. The van der Waals surface area contributed by atoms with E-state index >= 15 is 0 Å². The number of hydrogen-bond donors (Lipinski definition) is 2. The molecule has 10 heteroatoms. The van der Waals surface area contributed by atoms with E-state index in [4.69, 9.17) is 0 Å². The Hall–Kier alpha value is -3.14. The second-order valence-corrected chi connectivity index (χ2v) is 10.8. The number of fused-ring (bicyclic) bond motifs is 1. The largest absolute Gasteiger partial charge is 0.349 e. The third kappa shape index (κ3) is 3.43. The number of thiazole rings is 1. The molecule has 3 aromatic rings. The molecule has 3 aromatic heterocycles. The summed E-state index contributed by atoms with van der Waals surface area (Å²) in [6.07, 6.45) is 6.61. The van der Waals surface area contributed by atoms with Crippen molar-refractivity contribution < 1.29 is 9.59 Å². The number of hydrogen-bond acceptors (Lipinski definition) is 8. The topological polar surface area (TPSA) is 113 Å². The predicted octanol–water partition coefficient (Wildman–Crippen LogP) is 2.70. The first-order valence-corrected chi connectivity index (χ1v) is 12.1. The highest BCUT2D eigenvalue weighted by molar-refractivity contribution is 7.18. The molecular weight excluding hydrogens is 438 g/mol. The van der Waals surface area contributed by atoms with E-state index in [1.54, 1.807) is 17.3 Å². The Morgan fingerprint density at radius 1 is 1.21 bits per heavy atom. The van der Waals surface area contributed by atoms with Crippen LogP contribution in [0.2, 0.25) is 0 Å². The van der Waals surface area contributed by atoms with E-state index < -0.39 is 0 Å². The standard InChI is InChI=1S/C23H25N7O2S/c1-12(15-4-3-5-24-9-15)25-22-28-17(18-19(29-22)26-13(2)33-18)20(31)30-10-16(11-30)27-21(32)23-6-14(7-23)8-23/h3-5,9,12,14,16H,6-8,10-11H2,1-2H3,(H,27,32)(H,25,28,29). The van der Waals surface area contributed by atoms with Gasteiger partial charge in [-0.05, 0) is 50.7 Å². The molecule has 3 saturated carbocycles. The Kier molecular flexibility index (Phi) is 4.62. The minimum absolute atomic E-state index is 0.0131. The van der Waals surface area contributed by atoms with Crippen molar-refractivity contribution in [1.29, 1.82) is 0 Å². The number of amides is 2. The first kappa shape index (κ1) is 20.5. The average molecular weight is 464 g/mol. The Morgan fingerprint density at radius 2 is 2.00 bits per heavy atom. The van der Waals surface area contributed by atoms with Crippen LogP contribution in [0.1, 0.15) is 53.3 Å². The molecule has 4 heterocycles. The zero-order valence-corrected chi connectivity index (χ0v) is 19.4. The smallest absolute Gasteiger partial charge is 0.274 e. The quantitative estimate of drug-likeness (QED) is 0.578. The molecule has 4 aliphatic rings. The van der Waals surface area contributed by atoms with E-state index in [1.807, 2.05) is 26.0 Å². The first-order chi connectivity index (χ1) is 15.9. The summed E-state index contributed by atoms with van der Waals surface area (Å²) < 4.78 is 0.693. The van der Waals surface area contributed by atoms with Gasteiger partial charge in [0.2, 0.25) is 11.9 Å². The van der Waals surface area contributed by atoms with Gasteiger partial charge in [0.05, 0.1) is 17.1 Å². The second kappa shape index (κ2) is 7.44. The summed E-state index contributed by atoms with van der Waals surface area (Å²) in [5.41, 5.74) is 1.77. The summed E-state index contributed by atoms with van der Waals surface area (Å²) in [6, 6.07) is 3.78. The normalized spacial score (nSPS) is 24.4. The number of aryl methyl sites for hydroxylation is 1. The molecule has 33 heavy (non-hydrogen) atoms. The van der Waals surface area contributed by atoms with Gasteiger partial charge in [0.1, 0.15) is 4.70 Å². The fourth-order valence-electron chi connectivity index (χ4n) is 5.03. The van der Waals surface area contributed by atoms with E-state index in [0.717, 1.165) is 35.8 Å². The van der Waals surface area contributed by atoms with Crippen LogP contribution < -0.4 is 10.6 Å². The van der Waals surface area contributed by atoms with Crippen molar-refractivity contribution in [1.82, 2.24) is 30.2 Å². The van der Waals surface area contributed by atoms with Gasteiger partial charge < -0.3 is 15.5 Å². The van der Waals surface area contributed by atoms with Crippen LogP contribution in [0.25, 0.3) is 10.3 Å². The molecular formula is C23H25N7O2S. The fourth-order valence-corrected chi connectivity index (χ4v) is 5.87. The Morgan fingerprint density at radius 3 is 2.67 bits per heavy atom. The van der Waals surface area contributed by atoms with Crippen molar-refractivity contribution in [3.63, 3.8) is 0 Å². The number of anilines is 1. The molecule has 3 aliphatic carbocycles. The maximum absolute atomic E-state index is 13.3. The van der Waals surface area contributed by atoms with Gasteiger partial charge in [0, 0.05) is 30.9 Å². The first-order valence-electron chi connectivity index (χ1n) is 11.3. The van der Waals surface area contributed by atoms with E-state index in [1.165, 1.54) is 11.3 Å². The van der Waals surface area contributed by atoms with Crippen molar-refractivity contribution in [2.45, 2.75) is 45.2 Å². The van der Waals surface area contributed by atoms with Crippen LogP contribution in [0.15, 0.2) is 24.5 Å². The monoisotopic (exact) mass is 463 g/mol. The molecule has 4 fully saturated rings. The van der Waals surface area contributed by atoms with Crippen molar-refractivity contribution in [2.75, 3.05) is 18.4 Å². The minimum atomic E-state index is -0.154. The summed E-state index contributed by atoms with van der Waals surface area (Å²) in [4.78, 5) is 45.4. The van der Waals surface area contributed by atoms with Gasteiger partial charge in [-0.15, -0.1) is 11.3 Å². The maximum Gasteiger partial charge on any atom is 0.274 e. The molecule has 2 amide bonds. The highest BCUT2D eigenvalue weighted by Gasteiger charge is 2.61. The van der Waals surface area contributed by atoms with Crippen molar-refractivity contribution >= 4 is 39.4 Å². The Labute approximate surface area is 195 Å². The SMILES string of the molecule is Cc1nc2nc(NC(C)c3cccnc3)nc(C(=O)N3CC(NC(=O)C45CC(C4)C5)C3)c2s1. The van der Waals surface area contributed by atoms with Gasteiger partial charge in [-0.2, -0.15) is 4.98 Å². The average Bonchev–Trinajstić information content (AvgIpc) is 3.07. The van der Waals surface area contributed by atoms with E-state index in [0.29, 0.717) is 35.1 Å². The van der Waals surface area contributed by atoms with Gasteiger partial charge >= 0.3 is 0 Å². The van der Waals surface area contributed by atoms with Crippen LogP contribution in [0.5, 0.6) is 0 Å². The lowest BCUT2D eigenvalue weighted by Gasteiger charge is -2.60. The maximum atomic E-state index is 13.3. The molecule has 0 aromatic carbocycles. The zero-order chi connectivity index (χ0) is 22.7. The van der Waals surface area contributed by atoms with Gasteiger partial charge in [-0.25, -0.2) is 9.97 Å². The van der Waals surface area contributed by atoms with Gasteiger partial charge in [-0.3, -0.25) is 14.6 Å². The molecule has 1 unspecified atom stereocenters. The third-order valence-corrected chi connectivity index (χ3v) is 8.08. The minimum Gasteiger partial charge on any atom is -0.349 e.